The lowest BCUT2D eigenvalue weighted by Gasteiger charge is -2.64. The largest absolute Gasteiger partial charge is 0.460 e. The number of carbonyl (C=O) groups excluding carboxylic acids is 1. The number of esters is 1. The fourth-order valence-corrected chi connectivity index (χ4v) is 7.48. The van der Waals surface area contributed by atoms with Gasteiger partial charge in [0.05, 0.1) is 24.2 Å². The highest BCUT2D eigenvalue weighted by Gasteiger charge is 2.68. The van der Waals surface area contributed by atoms with E-state index in [1.807, 2.05) is 20.8 Å². The molecule has 0 radical (unpaired) electrons. The normalized spacial score (nSPS) is 32.6. The Kier molecular flexibility index (Phi) is 7.62. The monoisotopic (exact) mass is 494 g/mol. The minimum Gasteiger partial charge on any atom is -0.460 e. The first-order valence-corrected chi connectivity index (χ1v) is 16.4. The Morgan fingerprint density at radius 2 is 1.71 bits per heavy atom. The first-order chi connectivity index (χ1) is 15.3. The summed E-state index contributed by atoms with van der Waals surface area (Å²) in [5.74, 6) is 1.39. The predicted molar refractivity (Wildman–Crippen MR) is 141 cm³/mol. The lowest BCUT2D eigenvalue weighted by Crippen LogP contribution is -2.65. The zero-order valence-electron chi connectivity index (χ0n) is 24.0. The van der Waals surface area contributed by atoms with Crippen molar-refractivity contribution in [2.75, 3.05) is 0 Å². The van der Waals surface area contributed by atoms with Crippen LogP contribution in [0.2, 0.25) is 23.9 Å². The molecule has 1 aliphatic heterocycles. The molecule has 0 spiro atoms. The first kappa shape index (κ1) is 28.2. The van der Waals surface area contributed by atoms with E-state index in [1.165, 1.54) is 6.42 Å². The number of ether oxygens (including phenoxy) is 1. The minimum atomic E-state index is -2.02. The van der Waals surface area contributed by atoms with Crippen LogP contribution in [0, 0.1) is 17.3 Å². The Balaban J connectivity index is 1.63. The van der Waals surface area contributed by atoms with Gasteiger partial charge in [-0.3, -0.25) is 4.79 Å². The van der Waals surface area contributed by atoms with E-state index in [-0.39, 0.29) is 41.8 Å². The summed E-state index contributed by atoms with van der Waals surface area (Å²) in [6.07, 6.45) is 4.42. The van der Waals surface area contributed by atoms with E-state index in [9.17, 15) is 4.79 Å². The van der Waals surface area contributed by atoms with Crippen molar-refractivity contribution in [3.8, 4) is 0 Å². The van der Waals surface area contributed by atoms with Crippen molar-refractivity contribution in [3.63, 3.8) is 0 Å². The molecule has 0 N–H and O–H groups in total. The van der Waals surface area contributed by atoms with Gasteiger partial charge in [0.2, 0.25) is 0 Å². The molecule has 6 atom stereocenters. The van der Waals surface area contributed by atoms with E-state index in [4.69, 9.17) is 18.5 Å². The molecule has 3 aliphatic carbocycles. The maximum atomic E-state index is 12.7. The smallest absolute Gasteiger partial charge is 0.460 e. The van der Waals surface area contributed by atoms with E-state index in [0.29, 0.717) is 17.8 Å². The summed E-state index contributed by atoms with van der Waals surface area (Å²) in [5, 5.41) is 0.0837. The third kappa shape index (κ3) is 5.63. The van der Waals surface area contributed by atoms with E-state index in [0.717, 1.165) is 25.2 Å². The molecule has 3 saturated carbocycles. The van der Waals surface area contributed by atoms with Crippen molar-refractivity contribution in [3.05, 3.63) is 0 Å². The highest BCUT2D eigenvalue weighted by Crippen LogP contribution is 2.66. The second kappa shape index (κ2) is 9.18. The van der Waals surface area contributed by atoms with Crippen LogP contribution in [0.1, 0.15) is 101 Å². The lowest BCUT2D eigenvalue weighted by molar-refractivity contribution is -0.199. The van der Waals surface area contributed by atoms with Crippen LogP contribution in [0.15, 0.2) is 0 Å². The molecule has 4 rings (SSSR count). The fraction of sp³-hybridized carbons (Fsp3) is 0.963. The van der Waals surface area contributed by atoms with Crippen LogP contribution in [-0.4, -0.2) is 44.8 Å². The maximum Gasteiger partial charge on any atom is 0.460 e. The lowest BCUT2D eigenvalue weighted by atomic mass is 9.43. The Labute approximate surface area is 210 Å². The van der Waals surface area contributed by atoms with Gasteiger partial charge in [0.15, 0.2) is 8.32 Å². The summed E-state index contributed by atoms with van der Waals surface area (Å²) < 4.78 is 25.6. The van der Waals surface area contributed by atoms with Gasteiger partial charge in [-0.2, -0.15) is 0 Å². The van der Waals surface area contributed by atoms with Crippen molar-refractivity contribution in [2.24, 2.45) is 17.3 Å². The summed E-state index contributed by atoms with van der Waals surface area (Å²) in [6, 6.07) is 0. The Morgan fingerprint density at radius 1 is 1.09 bits per heavy atom. The van der Waals surface area contributed by atoms with Crippen molar-refractivity contribution in [2.45, 2.75) is 149 Å². The number of hydrogen-bond donors (Lipinski definition) is 0. The van der Waals surface area contributed by atoms with E-state index in [1.54, 1.807) is 0 Å². The summed E-state index contributed by atoms with van der Waals surface area (Å²) >= 11 is 0. The van der Waals surface area contributed by atoms with Crippen LogP contribution in [0.25, 0.3) is 0 Å². The maximum absolute atomic E-state index is 12.7. The van der Waals surface area contributed by atoms with Crippen molar-refractivity contribution in [1.29, 1.82) is 0 Å². The zero-order chi connectivity index (χ0) is 25.9. The summed E-state index contributed by atoms with van der Waals surface area (Å²) in [4.78, 5) is 12.7. The molecule has 7 heteroatoms. The quantitative estimate of drug-likeness (QED) is 0.268. The topological polar surface area (TPSA) is 54.0 Å². The summed E-state index contributed by atoms with van der Waals surface area (Å²) in [5.41, 5.74) is -0.315. The number of carbonyl (C=O) groups is 1. The molecule has 0 aromatic heterocycles. The molecular weight excluding hydrogens is 443 g/mol. The third-order valence-electron chi connectivity index (χ3n) is 9.46. The van der Waals surface area contributed by atoms with Crippen LogP contribution in [0.3, 0.4) is 0 Å². The van der Waals surface area contributed by atoms with Crippen molar-refractivity contribution in [1.82, 2.24) is 0 Å². The molecule has 196 valence electrons. The molecule has 4 aliphatic rings. The average Bonchev–Trinajstić information content (AvgIpc) is 3.00. The van der Waals surface area contributed by atoms with Gasteiger partial charge in [-0.05, 0) is 94.6 Å². The van der Waals surface area contributed by atoms with Gasteiger partial charge in [-0.25, -0.2) is 0 Å². The summed E-state index contributed by atoms with van der Waals surface area (Å²) in [6.45, 7) is 26.2. The van der Waals surface area contributed by atoms with Crippen LogP contribution in [0.4, 0.5) is 0 Å². The summed E-state index contributed by atoms with van der Waals surface area (Å²) in [7, 11) is -2.20. The Bertz CT molecular complexity index is 755. The van der Waals surface area contributed by atoms with E-state index < -0.39 is 13.9 Å². The molecule has 0 aromatic carbocycles. The zero-order valence-corrected chi connectivity index (χ0v) is 25.0. The number of rotatable bonds is 8. The fourth-order valence-electron chi connectivity index (χ4n) is 6.09. The predicted octanol–water partition coefficient (Wildman–Crippen LogP) is 7.01. The van der Waals surface area contributed by atoms with Gasteiger partial charge in [0.25, 0.3) is 0 Å². The Hall–Kier alpha value is -0.368. The van der Waals surface area contributed by atoms with Crippen molar-refractivity contribution >= 4 is 21.4 Å². The second-order valence-corrected chi connectivity index (χ2v) is 19.4. The van der Waals surface area contributed by atoms with Crippen LogP contribution >= 0.6 is 0 Å². The second-order valence-electron chi connectivity index (χ2n) is 14.7. The average molecular weight is 495 g/mol. The first-order valence-electron chi connectivity index (χ1n) is 13.5. The minimum absolute atomic E-state index is 0.0837. The van der Waals surface area contributed by atoms with Gasteiger partial charge in [-0.15, -0.1) is 0 Å². The highest BCUT2D eigenvalue weighted by atomic mass is 28.4. The molecule has 2 bridgehead atoms. The van der Waals surface area contributed by atoms with Crippen molar-refractivity contribution < 1.29 is 23.3 Å². The van der Waals surface area contributed by atoms with Gasteiger partial charge in [-0.1, -0.05) is 41.5 Å². The molecular formula is C27H51BO5Si. The van der Waals surface area contributed by atoms with E-state index in [2.05, 4.69) is 61.6 Å². The van der Waals surface area contributed by atoms with Crippen LogP contribution in [-0.2, 0) is 23.3 Å². The number of hydrogen-bond acceptors (Lipinski definition) is 5. The molecule has 34 heavy (non-hydrogen) atoms. The van der Waals surface area contributed by atoms with Gasteiger partial charge in [0, 0.05) is 0 Å². The molecule has 0 aromatic rings. The molecule has 5 nitrogen and oxygen atoms in total. The molecule has 1 saturated heterocycles. The molecule has 0 unspecified atom stereocenters. The Morgan fingerprint density at radius 3 is 2.24 bits per heavy atom. The van der Waals surface area contributed by atoms with Gasteiger partial charge in [0.1, 0.15) is 5.60 Å². The molecule has 0 amide bonds. The highest BCUT2D eigenvalue weighted by molar-refractivity contribution is 6.74. The van der Waals surface area contributed by atoms with Gasteiger partial charge < -0.3 is 18.5 Å². The SMILES string of the molecule is C[C@H](CC[C@@H](CC(=O)OC(C)(C)C)O[Si](C)(C)C(C)(C)C)B1O[C@@H]2C[C@@H]3C[C@@H](C3(C)C)[C@]2(C)O1. The van der Waals surface area contributed by atoms with Gasteiger partial charge >= 0.3 is 13.1 Å². The van der Waals surface area contributed by atoms with Crippen LogP contribution < -0.4 is 0 Å². The van der Waals surface area contributed by atoms with E-state index >= 15 is 0 Å². The molecule has 4 fully saturated rings. The molecule has 1 heterocycles. The van der Waals surface area contributed by atoms with Crippen LogP contribution in [0.5, 0.6) is 0 Å². The standard InChI is InChI=1S/C27H51BO5Si/c1-18(28-31-22-16-19-15-21(26(19,8)9)27(22,10)33-28)13-14-20(17-23(29)30-24(2,3)4)32-34(11,12)25(5,6)7/h18-22H,13-17H2,1-12H3/t18-,19+,20+,21+,22-,27+/m1/s1. The third-order valence-corrected chi connectivity index (χ3v) is 14.0.